The van der Waals surface area contributed by atoms with Crippen molar-refractivity contribution in [2.24, 2.45) is 0 Å². The third kappa shape index (κ3) is 5.98. The van der Waals surface area contributed by atoms with E-state index in [1.165, 1.54) is 6.08 Å². The number of hydrogen-bond acceptors (Lipinski definition) is 6. The minimum atomic E-state index is -3.46. The van der Waals surface area contributed by atoms with E-state index >= 15 is 0 Å². The molecule has 1 saturated heterocycles. The van der Waals surface area contributed by atoms with E-state index in [1.807, 2.05) is 12.3 Å². The van der Waals surface area contributed by atoms with Gasteiger partial charge in [-0.3, -0.25) is 0 Å². The zero-order chi connectivity index (χ0) is 20.7. The van der Waals surface area contributed by atoms with Crippen molar-refractivity contribution in [2.45, 2.75) is 50.5 Å². The van der Waals surface area contributed by atoms with Crippen LogP contribution in [0.2, 0.25) is 0 Å². The van der Waals surface area contributed by atoms with Crippen LogP contribution in [0.3, 0.4) is 0 Å². The molecule has 6 nitrogen and oxygen atoms in total. The van der Waals surface area contributed by atoms with E-state index in [-0.39, 0.29) is 11.5 Å². The van der Waals surface area contributed by atoms with Gasteiger partial charge in [0.25, 0.3) is 0 Å². The van der Waals surface area contributed by atoms with Gasteiger partial charge in [0.2, 0.25) is 10.0 Å². The fraction of sp³-hybridized carbons (Fsp3) is 0.429. The normalized spacial score (nSPS) is 16.0. The highest BCUT2D eigenvalue weighted by Gasteiger charge is 2.24. The first kappa shape index (κ1) is 21.7. The molecule has 1 aromatic carbocycles. The molecule has 8 heteroatoms. The third-order valence-corrected chi connectivity index (χ3v) is 7.71. The molecule has 2 aromatic rings. The molecule has 0 unspecified atom stereocenters. The molecule has 0 aliphatic carbocycles. The molecule has 1 fully saturated rings. The van der Waals surface area contributed by atoms with Crippen LogP contribution < -0.4 is 0 Å². The molecule has 0 saturated carbocycles. The number of rotatable bonds is 7. The molecule has 0 atom stereocenters. The summed E-state index contributed by atoms with van der Waals surface area (Å²) in [5, 5.41) is 2.90. The van der Waals surface area contributed by atoms with Crippen molar-refractivity contribution in [1.82, 2.24) is 9.29 Å². The van der Waals surface area contributed by atoms with Crippen molar-refractivity contribution in [3.05, 3.63) is 52.0 Å². The van der Waals surface area contributed by atoms with Crippen LogP contribution in [0.5, 0.6) is 0 Å². The first-order valence-corrected chi connectivity index (χ1v) is 12.2. The summed E-state index contributed by atoms with van der Waals surface area (Å²) in [5.41, 5.74) is 1.48. The smallest absolute Gasteiger partial charge is 0.331 e. The van der Waals surface area contributed by atoms with Gasteiger partial charge < -0.3 is 4.74 Å². The topological polar surface area (TPSA) is 76.6 Å². The number of hydrogen-bond donors (Lipinski definition) is 0. The summed E-state index contributed by atoms with van der Waals surface area (Å²) in [6, 6.07) is 6.57. The van der Waals surface area contributed by atoms with E-state index in [0.29, 0.717) is 13.1 Å². The molecule has 0 spiro atoms. The standard InChI is InChI=1S/C21H26N2O4S2/c1-2-20-22-18(16-28-20)15-27-21(24)12-9-17-7-10-19(11-8-17)29(25,26)23-13-5-3-4-6-14-23/h7-12,16H,2-6,13-15H2,1H3/b12-9+. The number of carbonyl (C=O) groups excluding carboxylic acids is 1. The Bertz CT molecular complexity index is 941. The van der Waals surface area contributed by atoms with Gasteiger partial charge in [-0.05, 0) is 43.0 Å². The number of benzene rings is 1. The lowest BCUT2D eigenvalue weighted by atomic mass is 10.2. The molecule has 156 valence electrons. The summed E-state index contributed by atoms with van der Waals surface area (Å²) in [5.74, 6) is -0.461. The Morgan fingerprint density at radius 3 is 2.48 bits per heavy atom. The van der Waals surface area contributed by atoms with E-state index in [9.17, 15) is 13.2 Å². The minimum absolute atomic E-state index is 0.146. The summed E-state index contributed by atoms with van der Waals surface area (Å²) in [6.07, 6.45) is 7.78. The first-order chi connectivity index (χ1) is 14.0. The molecule has 1 aliphatic rings. The number of aromatic nitrogens is 1. The van der Waals surface area contributed by atoms with E-state index < -0.39 is 16.0 Å². The number of sulfonamides is 1. The molecule has 0 radical (unpaired) electrons. The maximum atomic E-state index is 12.8. The third-order valence-electron chi connectivity index (χ3n) is 4.76. The van der Waals surface area contributed by atoms with Crippen LogP contribution in [-0.2, 0) is 32.6 Å². The van der Waals surface area contributed by atoms with Crippen LogP contribution in [0.25, 0.3) is 6.08 Å². The maximum Gasteiger partial charge on any atom is 0.331 e. The van der Waals surface area contributed by atoms with Crippen LogP contribution in [0, 0.1) is 0 Å². The molecular weight excluding hydrogens is 408 g/mol. The van der Waals surface area contributed by atoms with Crippen LogP contribution in [-0.4, -0.2) is 36.8 Å². The molecule has 1 aromatic heterocycles. The lowest BCUT2D eigenvalue weighted by Crippen LogP contribution is -2.31. The SMILES string of the molecule is CCc1nc(COC(=O)/C=C/c2ccc(S(=O)(=O)N3CCCCCC3)cc2)cs1. The predicted molar refractivity (Wildman–Crippen MR) is 114 cm³/mol. The van der Waals surface area contributed by atoms with Crippen molar-refractivity contribution in [3.63, 3.8) is 0 Å². The van der Waals surface area contributed by atoms with Gasteiger partial charge >= 0.3 is 5.97 Å². The second-order valence-electron chi connectivity index (χ2n) is 6.91. The van der Waals surface area contributed by atoms with Crippen LogP contribution in [0.15, 0.2) is 40.6 Å². The van der Waals surface area contributed by atoms with Crippen molar-refractivity contribution >= 4 is 33.4 Å². The van der Waals surface area contributed by atoms with Crippen molar-refractivity contribution < 1.29 is 17.9 Å². The quantitative estimate of drug-likeness (QED) is 0.486. The molecule has 0 bridgehead atoms. The average Bonchev–Trinajstić information content (AvgIpc) is 3.01. The van der Waals surface area contributed by atoms with Gasteiger partial charge in [-0.2, -0.15) is 4.31 Å². The Morgan fingerprint density at radius 1 is 1.17 bits per heavy atom. The van der Waals surface area contributed by atoms with Gasteiger partial charge in [-0.1, -0.05) is 31.9 Å². The van der Waals surface area contributed by atoms with Gasteiger partial charge in [-0.15, -0.1) is 11.3 Å². The Kier molecular flexibility index (Phi) is 7.57. The molecule has 2 heterocycles. The Balaban J connectivity index is 1.57. The monoisotopic (exact) mass is 434 g/mol. The number of esters is 1. The van der Waals surface area contributed by atoms with Gasteiger partial charge in [0.1, 0.15) is 6.61 Å². The lowest BCUT2D eigenvalue weighted by Gasteiger charge is -2.19. The minimum Gasteiger partial charge on any atom is -0.456 e. The zero-order valence-corrected chi connectivity index (χ0v) is 18.2. The van der Waals surface area contributed by atoms with Crippen molar-refractivity contribution in [2.75, 3.05) is 13.1 Å². The lowest BCUT2D eigenvalue weighted by molar-refractivity contribution is -0.139. The van der Waals surface area contributed by atoms with Gasteiger partial charge in [0.15, 0.2) is 0 Å². The van der Waals surface area contributed by atoms with Crippen LogP contribution in [0.4, 0.5) is 0 Å². The highest BCUT2D eigenvalue weighted by Crippen LogP contribution is 2.21. The highest BCUT2D eigenvalue weighted by molar-refractivity contribution is 7.89. The number of carbonyl (C=O) groups is 1. The molecule has 0 amide bonds. The number of nitrogens with zero attached hydrogens (tertiary/aromatic N) is 2. The molecule has 3 rings (SSSR count). The molecule has 29 heavy (non-hydrogen) atoms. The van der Waals surface area contributed by atoms with Gasteiger partial charge in [0, 0.05) is 24.5 Å². The number of aryl methyl sites for hydroxylation is 1. The van der Waals surface area contributed by atoms with Crippen molar-refractivity contribution in [1.29, 1.82) is 0 Å². The zero-order valence-electron chi connectivity index (χ0n) is 16.5. The van der Waals surface area contributed by atoms with Gasteiger partial charge in [-0.25, -0.2) is 18.2 Å². The van der Waals surface area contributed by atoms with E-state index in [0.717, 1.165) is 48.4 Å². The van der Waals surface area contributed by atoms with E-state index in [2.05, 4.69) is 4.98 Å². The van der Waals surface area contributed by atoms with Crippen LogP contribution in [0.1, 0.15) is 48.9 Å². The van der Waals surface area contributed by atoms with E-state index in [4.69, 9.17) is 4.74 Å². The number of ether oxygens (including phenoxy) is 1. The molecular formula is C21H26N2O4S2. The second-order valence-corrected chi connectivity index (χ2v) is 9.80. The fourth-order valence-corrected chi connectivity index (χ4v) is 5.36. The summed E-state index contributed by atoms with van der Waals surface area (Å²) >= 11 is 1.55. The molecule has 0 N–H and O–H groups in total. The number of thiazole rings is 1. The van der Waals surface area contributed by atoms with E-state index in [1.54, 1.807) is 46.0 Å². The summed E-state index contributed by atoms with van der Waals surface area (Å²) < 4.78 is 32.3. The highest BCUT2D eigenvalue weighted by atomic mass is 32.2. The summed E-state index contributed by atoms with van der Waals surface area (Å²) in [7, 11) is -3.46. The van der Waals surface area contributed by atoms with Gasteiger partial charge in [0.05, 0.1) is 15.6 Å². The largest absolute Gasteiger partial charge is 0.456 e. The second kappa shape index (κ2) is 10.1. The predicted octanol–water partition coefficient (Wildman–Crippen LogP) is 4.03. The van der Waals surface area contributed by atoms with Crippen molar-refractivity contribution in [3.8, 4) is 0 Å². The molecule has 1 aliphatic heterocycles. The Morgan fingerprint density at radius 2 is 1.86 bits per heavy atom. The Labute approximate surface area is 176 Å². The Hall–Kier alpha value is -2.03. The fourth-order valence-electron chi connectivity index (χ4n) is 3.12. The first-order valence-electron chi connectivity index (χ1n) is 9.87. The summed E-state index contributed by atoms with van der Waals surface area (Å²) in [6.45, 7) is 3.33. The average molecular weight is 435 g/mol. The summed E-state index contributed by atoms with van der Waals surface area (Å²) in [4.78, 5) is 16.5. The van der Waals surface area contributed by atoms with Crippen LogP contribution >= 0.6 is 11.3 Å². The maximum absolute atomic E-state index is 12.8.